The summed E-state index contributed by atoms with van der Waals surface area (Å²) in [6.07, 6.45) is 0.869. The Morgan fingerprint density at radius 2 is 2.25 bits per heavy atom. The minimum absolute atomic E-state index is 0.139. The van der Waals surface area contributed by atoms with E-state index in [0.717, 1.165) is 29.3 Å². The average molecular weight is 291 g/mol. The van der Waals surface area contributed by atoms with Crippen LogP contribution in [0.5, 0.6) is 11.5 Å². The maximum Gasteiger partial charge on any atom is 0.131 e. The molecule has 0 amide bonds. The number of benzene rings is 1. The molecule has 0 radical (unpaired) electrons. The molecule has 3 rings (SSSR count). The van der Waals surface area contributed by atoms with Crippen LogP contribution >= 0.6 is 11.6 Å². The molecule has 2 heterocycles. The Kier molecular flexibility index (Phi) is 3.65. The highest BCUT2D eigenvalue weighted by Crippen LogP contribution is 2.36. The van der Waals surface area contributed by atoms with Gasteiger partial charge in [-0.05, 0) is 30.3 Å². The molecule has 2 aromatic rings. The molecule has 1 aliphatic heterocycles. The van der Waals surface area contributed by atoms with Crippen LogP contribution in [0.15, 0.2) is 36.4 Å². The number of hydrogen-bond donors (Lipinski definition) is 1. The zero-order valence-electron chi connectivity index (χ0n) is 11.1. The summed E-state index contributed by atoms with van der Waals surface area (Å²) in [4.78, 5) is 4.27. The van der Waals surface area contributed by atoms with E-state index in [-0.39, 0.29) is 6.04 Å². The zero-order valence-corrected chi connectivity index (χ0v) is 11.9. The van der Waals surface area contributed by atoms with Gasteiger partial charge in [0, 0.05) is 12.0 Å². The van der Waals surface area contributed by atoms with E-state index >= 15 is 0 Å². The van der Waals surface area contributed by atoms with E-state index in [9.17, 15) is 0 Å². The maximum absolute atomic E-state index is 5.91. The smallest absolute Gasteiger partial charge is 0.131 e. The fraction of sp³-hybridized carbons (Fsp3) is 0.267. The Balaban J connectivity index is 1.89. The molecule has 0 aliphatic carbocycles. The fourth-order valence-electron chi connectivity index (χ4n) is 2.32. The molecule has 20 heavy (non-hydrogen) atoms. The summed E-state index contributed by atoms with van der Waals surface area (Å²) < 4.78 is 11.0. The molecule has 0 spiro atoms. The van der Waals surface area contributed by atoms with Crippen molar-refractivity contribution >= 4 is 17.4 Å². The topological polar surface area (TPSA) is 43.4 Å². The number of ether oxygens (including phenoxy) is 2. The van der Waals surface area contributed by atoms with Crippen LogP contribution in [0.1, 0.15) is 18.0 Å². The lowest BCUT2D eigenvalue weighted by Gasteiger charge is -2.27. The Hall–Kier alpha value is -1.94. The third-order valence-electron chi connectivity index (χ3n) is 3.29. The number of aromatic nitrogens is 1. The number of pyridine rings is 1. The minimum Gasteiger partial charge on any atom is -0.497 e. The van der Waals surface area contributed by atoms with Gasteiger partial charge in [0.05, 0.1) is 19.8 Å². The van der Waals surface area contributed by atoms with Crippen molar-refractivity contribution in [3.05, 3.63) is 47.1 Å². The lowest BCUT2D eigenvalue weighted by atomic mass is 10.00. The van der Waals surface area contributed by atoms with Crippen LogP contribution in [0.2, 0.25) is 5.15 Å². The highest BCUT2D eigenvalue weighted by molar-refractivity contribution is 6.29. The molecular weight excluding hydrogens is 276 g/mol. The summed E-state index contributed by atoms with van der Waals surface area (Å²) in [5, 5.41) is 3.88. The summed E-state index contributed by atoms with van der Waals surface area (Å²) >= 11 is 5.91. The summed E-state index contributed by atoms with van der Waals surface area (Å²) in [5.41, 5.74) is 1.08. The molecule has 0 saturated carbocycles. The van der Waals surface area contributed by atoms with E-state index < -0.39 is 0 Å². The second-order valence-corrected chi connectivity index (χ2v) is 4.97. The SMILES string of the molecule is COc1ccc2c(c1)C(Nc1cccc(Cl)n1)CCO2. The van der Waals surface area contributed by atoms with E-state index in [0.29, 0.717) is 11.8 Å². The van der Waals surface area contributed by atoms with E-state index in [1.54, 1.807) is 13.2 Å². The van der Waals surface area contributed by atoms with Gasteiger partial charge in [0.25, 0.3) is 0 Å². The normalized spacial score (nSPS) is 17.0. The Morgan fingerprint density at radius 3 is 3.05 bits per heavy atom. The summed E-state index contributed by atoms with van der Waals surface area (Å²) in [6, 6.07) is 11.5. The largest absolute Gasteiger partial charge is 0.497 e. The lowest BCUT2D eigenvalue weighted by Crippen LogP contribution is -2.20. The van der Waals surface area contributed by atoms with Crippen molar-refractivity contribution in [3.8, 4) is 11.5 Å². The molecule has 4 nitrogen and oxygen atoms in total. The summed E-state index contributed by atoms with van der Waals surface area (Å²) in [6.45, 7) is 0.678. The number of anilines is 1. The zero-order chi connectivity index (χ0) is 13.9. The van der Waals surface area contributed by atoms with Crippen molar-refractivity contribution in [1.29, 1.82) is 0 Å². The van der Waals surface area contributed by atoms with Gasteiger partial charge >= 0.3 is 0 Å². The predicted octanol–water partition coefficient (Wildman–Crippen LogP) is 3.68. The van der Waals surface area contributed by atoms with E-state index in [4.69, 9.17) is 21.1 Å². The molecule has 1 aromatic heterocycles. The van der Waals surface area contributed by atoms with Crippen molar-refractivity contribution < 1.29 is 9.47 Å². The molecule has 0 saturated heterocycles. The fourth-order valence-corrected chi connectivity index (χ4v) is 2.48. The standard InChI is InChI=1S/C15H15ClN2O2/c1-19-10-5-6-13-11(9-10)12(7-8-20-13)17-15-4-2-3-14(16)18-15/h2-6,9,12H,7-8H2,1H3,(H,17,18). The van der Waals surface area contributed by atoms with E-state index in [1.807, 2.05) is 30.3 Å². The lowest BCUT2D eigenvalue weighted by molar-refractivity contribution is 0.273. The molecule has 0 bridgehead atoms. The van der Waals surface area contributed by atoms with Gasteiger partial charge in [-0.2, -0.15) is 0 Å². The van der Waals surface area contributed by atoms with Crippen LogP contribution in [-0.2, 0) is 0 Å². The molecule has 1 atom stereocenters. The van der Waals surface area contributed by atoms with Crippen LogP contribution in [0, 0.1) is 0 Å². The van der Waals surface area contributed by atoms with E-state index in [2.05, 4.69) is 10.3 Å². The van der Waals surface area contributed by atoms with Gasteiger partial charge < -0.3 is 14.8 Å². The number of nitrogens with zero attached hydrogens (tertiary/aromatic N) is 1. The van der Waals surface area contributed by atoms with Crippen molar-refractivity contribution in [2.24, 2.45) is 0 Å². The Morgan fingerprint density at radius 1 is 1.35 bits per heavy atom. The van der Waals surface area contributed by atoms with Gasteiger partial charge in [-0.1, -0.05) is 17.7 Å². The van der Waals surface area contributed by atoms with Crippen molar-refractivity contribution in [2.75, 3.05) is 19.0 Å². The van der Waals surface area contributed by atoms with Crippen molar-refractivity contribution in [3.63, 3.8) is 0 Å². The molecule has 1 aliphatic rings. The maximum atomic E-state index is 5.91. The highest BCUT2D eigenvalue weighted by Gasteiger charge is 2.22. The van der Waals surface area contributed by atoms with Gasteiger partial charge in [0.1, 0.15) is 22.5 Å². The van der Waals surface area contributed by atoms with Crippen molar-refractivity contribution in [2.45, 2.75) is 12.5 Å². The van der Waals surface area contributed by atoms with Crippen molar-refractivity contribution in [1.82, 2.24) is 4.98 Å². The second kappa shape index (κ2) is 5.59. The quantitative estimate of drug-likeness (QED) is 0.876. The van der Waals surface area contributed by atoms with Crippen LogP contribution in [0.4, 0.5) is 5.82 Å². The van der Waals surface area contributed by atoms with Gasteiger partial charge in [0.2, 0.25) is 0 Å². The van der Waals surface area contributed by atoms with Crippen LogP contribution in [0.25, 0.3) is 0 Å². The average Bonchev–Trinajstić information content (AvgIpc) is 2.47. The summed E-state index contributed by atoms with van der Waals surface area (Å²) in [5.74, 6) is 2.47. The van der Waals surface area contributed by atoms with E-state index in [1.165, 1.54) is 0 Å². The molecule has 0 fully saturated rings. The highest BCUT2D eigenvalue weighted by atomic mass is 35.5. The number of hydrogen-bond acceptors (Lipinski definition) is 4. The van der Waals surface area contributed by atoms with Crippen LogP contribution < -0.4 is 14.8 Å². The third-order valence-corrected chi connectivity index (χ3v) is 3.50. The predicted molar refractivity (Wildman–Crippen MR) is 78.7 cm³/mol. The molecule has 1 aromatic carbocycles. The molecule has 5 heteroatoms. The third kappa shape index (κ3) is 2.65. The number of rotatable bonds is 3. The van der Waals surface area contributed by atoms with Crippen LogP contribution in [0.3, 0.4) is 0 Å². The van der Waals surface area contributed by atoms with Gasteiger partial charge in [-0.15, -0.1) is 0 Å². The molecule has 1 unspecified atom stereocenters. The summed E-state index contributed by atoms with van der Waals surface area (Å²) in [7, 11) is 1.66. The van der Waals surface area contributed by atoms with Gasteiger partial charge in [-0.3, -0.25) is 0 Å². The van der Waals surface area contributed by atoms with Crippen LogP contribution in [-0.4, -0.2) is 18.7 Å². The first-order chi connectivity index (χ1) is 9.76. The number of nitrogens with one attached hydrogen (secondary N) is 1. The first-order valence-corrected chi connectivity index (χ1v) is 6.84. The number of methoxy groups -OCH3 is 1. The Bertz CT molecular complexity index is 619. The monoisotopic (exact) mass is 290 g/mol. The Labute approximate surface area is 122 Å². The minimum atomic E-state index is 0.139. The first kappa shape index (κ1) is 13.1. The molecular formula is C15H15ClN2O2. The van der Waals surface area contributed by atoms with Gasteiger partial charge in [0.15, 0.2) is 0 Å². The number of fused-ring (bicyclic) bond motifs is 1. The second-order valence-electron chi connectivity index (χ2n) is 4.58. The first-order valence-electron chi connectivity index (χ1n) is 6.46. The molecule has 104 valence electrons. The number of halogens is 1. The molecule has 1 N–H and O–H groups in total. The van der Waals surface area contributed by atoms with Gasteiger partial charge in [-0.25, -0.2) is 4.98 Å².